The first-order valence-corrected chi connectivity index (χ1v) is 4.44. The average molecular weight is 162 g/mol. The molecule has 3 nitrogen and oxygen atoms in total. The highest BCUT2D eigenvalue weighted by Gasteiger charge is 1.98. The summed E-state index contributed by atoms with van der Waals surface area (Å²) in [6.45, 7) is 4.41. The molecule has 0 aromatic heterocycles. The zero-order chi connectivity index (χ0) is 7.98. The van der Waals surface area contributed by atoms with Gasteiger partial charge in [0.05, 0.1) is 6.54 Å². The summed E-state index contributed by atoms with van der Waals surface area (Å²) in [6.07, 6.45) is 1.83. The van der Waals surface area contributed by atoms with Crippen molar-refractivity contribution in [2.45, 2.75) is 19.9 Å². The molecular weight excluding hydrogens is 148 g/mol. The van der Waals surface area contributed by atoms with Crippen LogP contribution in [0.1, 0.15) is 13.8 Å². The van der Waals surface area contributed by atoms with E-state index in [2.05, 4.69) is 10.0 Å². The van der Waals surface area contributed by atoms with E-state index < -0.39 is 0 Å². The molecule has 0 fully saturated rings. The van der Waals surface area contributed by atoms with Crippen molar-refractivity contribution in [3.63, 3.8) is 0 Å². The molecule has 0 spiro atoms. The molecule has 0 bridgehead atoms. The summed E-state index contributed by atoms with van der Waals surface area (Å²) >= 11 is 1.32. The Balaban J connectivity index is 3.22. The Labute approximate surface area is 66.1 Å². The molecule has 0 aliphatic heterocycles. The van der Waals surface area contributed by atoms with Crippen LogP contribution in [0.25, 0.3) is 0 Å². The average Bonchev–Trinajstić information content (AvgIpc) is 1.85. The monoisotopic (exact) mass is 162 g/mol. The maximum absolute atomic E-state index is 10.8. The molecule has 2 N–H and O–H groups in total. The molecule has 0 rings (SSSR count). The van der Waals surface area contributed by atoms with Crippen molar-refractivity contribution in [1.82, 2.24) is 10.0 Å². The first-order valence-electron chi connectivity index (χ1n) is 3.22. The van der Waals surface area contributed by atoms with Crippen molar-refractivity contribution in [1.29, 1.82) is 0 Å². The highest BCUT2D eigenvalue weighted by Crippen LogP contribution is 1.81. The Morgan fingerprint density at radius 1 is 1.60 bits per heavy atom. The number of nitrogens with one attached hydrogen (secondary N) is 2. The number of rotatable bonds is 4. The van der Waals surface area contributed by atoms with Crippen molar-refractivity contribution in [2.24, 2.45) is 0 Å². The molecule has 10 heavy (non-hydrogen) atoms. The quantitative estimate of drug-likeness (QED) is 0.587. The SMILES string of the molecule is CSNC(=O)CNC(C)C. The minimum absolute atomic E-state index is 0.0289. The predicted octanol–water partition coefficient (Wildman–Crippen LogP) is 0.379. The van der Waals surface area contributed by atoms with Gasteiger partial charge in [-0.2, -0.15) is 0 Å². The summed E-state index contributed by atoms with van der Waals surface area (Å²) in [5.74, 6) is 0.0289. The summed E-state index contributed by atoms with van der Waals surface area (Å²) in [5.41, 5.74) is 0. The van der Waals surface area contributed by atoms with E-state index in [9.17, 15) is 4.79 Å². The van der Waals surface area contributed by atoms with Gasteiger partial charge >= 0.3 is 0 Å². The topological polar surface area (TPSA) is 41.1 Å². The highest BCUT2D eigenvalue weighted by atomic mass is 32.2. The van der Waals surface area contributed by atoms with Crippen molar-refractivity contribution in [2.75, 3.05) is 12.8 Å². The minimum Gasteiger partial charge on any atom is -0.306 e. The standard InChI is InChI=1S/C6H14N2OS/c1-5(2)7-4-6(9)8-10-3/h5,7H,4H2,1-3H3,(H,8,9). The molecule has 1 amide bonds. The van der Waals surface area contributed by atoms with Crippen molar-refractivity contribution in [3.8, 4) is 0 Å². The molecular formula is C6H14N2OS. The predicted molar refractivity (Wildman–Crippen MR) is 44.8 cm³/mol. The third kappa shape index (κ3) is 5.91. The summed E-state index contributed by atoms with van der Waals surface area (Å²) in [5, 5.41) is 3.00. The third-order valence-electron chi connectivity index (χ3n) is 0.887. The number of hydrogen-bond donors (Lipinski definition) is 2. The highest BCUT2D eigenvalue weighted by molar-refractivity contribution is 7.97. The van der Waals surface area contributed by atoms with Gasteiger partial charge in [-0.05, 0) is 0 Å². The lowest BCUT2D eigenvalue weighted by molar-refractivity contribution is -0.118. The smallest absolute Gasteiger partial charge is 0.243 e. The second-order valence-electron chi connectivity index (χ2n) is 2.26. The van der Waals surface area contributed by atoms with Gasteiger partial charge in [0.15, 0.2) is 0 Å². The molecule has 0 atom stereocenters. The van der Waals surface area contributed by atoms with E-state index in [0.717, 1.165) is 0 Å². The fraction of sp³-hybridized carbons (Fsp3) is 0.833. The Morgan fingerprint density at radius 2 is 2.20 bits per heavy atom. The Bertz CT molecular complexity index is 106. The molecule has 0 unspecified atom stereocenters. The van der Waals surface area contributed by atoms with Crippen LogP contribution in [0.4, 0.5) is 0 Å². The van der Waals surface area contributed by atoms with Gasteiger partial charge in [-0.1, -0.05) is 25.8 Å². The van der Waals surface area contributed by atoms with Gasteiger partial charge in [0.25, 0.3) is 0 Å². The first kappa shape index (κ1) is 9.78. The van der Waals surface area contributed by atoms with Crippen LogP contribution in [0.3, 0.4) is 0 Å². The number of carbonyl (C=O) groups is 1. The van der Waals surface area contributed by atoms with Crippen LogP contribution in [0.15, 0.2) is 0 Å². The van der Waals surface area contributed by atoms with Gasteiger partial charge in [0.2, 0.25) is 5.91 Å². The van der Waals surface area contributed by atoms with E-state index in [1.165, 1.54) is 11.9 Å². The van der Waals surface area contributed by atoms with Crippen LogP contribution in [-0.4, -0.2) is 24.7 Å². The Kier molecular flexibility index (Phi) is 5.43. The van der Waals surface area contributed by atoms with E-state index in [4.69, 9.17) is 0 Å². The van der Waals surface area contributed by atoms with Gasteiger partial charge in [-0.15, -0.1) is 0 Å². The van der Waals surface area contributed by atoms with Crippen LogP contribution in [0.5, 0.6) is 0 Å². The fourth-order valence-electron chi connectivity index (χ4n) is 0.447. The third-order valence-corrected chi connectivity index (χ3v) is 1.32. The molecule has 0 saturated carbocycles. The lowest BCUT2D eigenvalue weighted by atomic mass is 10.4. The molecule has 0 aliphatic rings. The lowest BCUT2D eigenvalue weighted by Crippen LogP contribution is -2.34. The molecule has 0 aromatic carbocycles. The second kappa shape index (κ2) is 5.56. The summed E-state index contributed by atoms with van der Waals surface area (Å²) < 4.78 is 2.62. The first-order chi connectivity index (χ1) is 4.66. The molecule has 0 aliphatic carbocycles. The lowest BCUT2D eigenvalue weighted by Gasteiger charge is -2.06. The number of hydrogen-bond acceptors (Lipinski definition) is 3. The number of carbonyl (C=O) groups excluding carboxylic acids is 1. The van der Waals surface area contributed by atoms with Gasteiger partial charge in [-0.25, -0.2) is 0 Å². The largest absolute Gasteiger partial charge is 0.306 e. The summed E-state index contributed by atoms with van der Waals surface area (Å²) in [4.78, 5) is 10.8. The van der Waals surface area contributed by atoms with Gasteiger partial charge in [-0.3, -0.25) is 9.52 Å². The number of amides is 1. The van der Waals surface area contributed by atoms with Crippen molar-refractivity contribution in [3.05, 3.63) is 0 Å². The van der Waals surface area contributed by atoms with Crippen LogP contribution < -0.4 is 10.0 Å². The molecule has 60 valence electrons. The fourth-order valence-corrected chi connectivity index (χ4v) is 0.747. The van der Waals surface area contributed by atoms with E-state index in [1.807, 2.05) is 20.1 Å². The van der Waals surface area contributed by atoms with Gasteiger partial charge in [0.1, 0.15) is 0 Å². The zero-order valence-electron chi connectivity index (χ0n) is 6.60. The zero-order valence-corrected chi connectivity index (χ0v) is 7.42. The van der Waals surface area contributed by atoms with Gasteiger partial charge in [0, 0.05) is 12.3 Å². The maximum Gasteiger partial charge on any atom is 0.243 e. The van der Waals surface area contributed by atoms with E-state index in [1.54, 1.807) is 0 Å². The summed E-state index contributed by atoms with van der Waals surface area (Å²) in [7, 11) is 0. The minimum atomic E-state index is 0.0289. The summed E-state index contributed by atoms with van der Waals surface area (Å²) in [6, 6.07) is 0.368. The maximum atomic E-state index is 10.8. The normalized spacial score (nSPS) is 10.0. The van der Waals surface area contributed by atoms with Crippen molar-refractivity contribution >= 4 is 17.9 Å². The van der Waals surface area contributed by atoms with Crippen LogP contribution in [0.2, 0.25) is 0 Å². The van der Waals surface area contributed by atoms with E-state index in [-0.39, 0.29) is 5.91 Å². The van der Waals surface area contributed by atoms with E-state index >= 15 is 0 Å². The Hall–Kier alpha value is -0.220. The van der Waals surface area contributed by atoms with Crippen LogP contribution >= 0.6 is 11.9 Å². The van der Waals surface area contributed by atoms with Gasteiger partial charge < -0.3 is 5.32 Å². The van der Waals surface area contributed by atoms with Crippen LogP contribution in [-0.2, 0) is 4.79 Å². The molecule has 0 radical (unpaired) electrons. The molecule has 0 saturated heterocycles. The molecule has 0 heterocycles. The molecule has 4 heteroatoms. The molecule has 0 aromatic rings. The Morgan fingerprint density at radius 3 is 2.60 bits per heavy atom. The van der Waals surface area contributed by atoms with Crippen LogP contribution in [0, 0.1) is 0 Å². The van der Waals surface area contributed by atoms with Crippen molar-refractivity contribution < 1.29 is 4.79 Å². The van der Waals surface area contributed by atoms with E-state index in [0.29, 0.717) is 12.6 Å². The second-order valence-corrected chi connectivity index (χ2v) is 2.88.